The Morgan fingerprint density at radius 1 is 1.24 bits per heavy atom. The number of nitro benzene ring substituents is 1. The molecule has 1 saturated heterocycles. The van der Waals surface area contributed by atoms with Crippen molar-refractivity contribution in [3.05, 3.63) is 69.5 Å². The number of halogens is 1. The largest absolute Gasteiger partial charge is 0.325 e. The van der Waals surface area contributed by atoms with Crippen molar-refractivity contribution in [1.29, 1.82) is 0 Å². The summed E-state index contributed by atoms with van der Waals surface area (Å²) in [6.07, 6.45) is 0. The van der Waals surface area contributed by atoms with Crippen LogP contribution in [0.25, 0.3) is 0 Å². The van der Waals surface area contributed by atoms with Crippen LogP contribution in [-0.4, -0.2) is 34.2 Å². The van der Waals surface area contributed by atoms with Gasteiger partial charge in [0, 0.05) is 12.1 Å². The summed E-state index contributed by atoms with van der Waals surface area (Å²) in [5.74, 6) is -2.40. The maximum absolute atomic E-state index is 13.8. The lowest BCUT2D eigenvalue weighted by molar-refractivity contribution is -0.384. The van der Waals surface area contributed by atoms with Crippen LogP contribution in [0.4, 0.5) is 20.6 Å². The molecule has 0 saturated carbocycles. The molecule has 2 N–H and O–H groups in total. The first-order valence-corrected chi connectivity index (χ1v) is 8.57. The number of carbonyl (C=O) groups excluding carboxylic acids is 3. The molecule has 150 valence electrons. The summed E-state index contributed by atoms with van der Waals surface area (Å²) in [6, 6.07) is 8.88. The summed E-state index contributed by atoms with van der Waals surface area (Å²) >= 11 is 0. The smallest absolute Gasteiger partial charge is 0.322 e. The molecular weight excluding hydrogens is 383 g/mol. The molecule has 4 amide bonds. The first-order valence-electron chi connectivity index (χ1n) is 8.57. The second-order valence-electron chi connectivity index (χ2n) is 6.78. The Bertz CT molecular complexity index is 1020. The van der Waals surface area contributed by atoms with Crippen LogP contribution in [0, 0.1) is 22.9 Å². The average molecular weight is 400 g/mol. The SMILES string of the molecule is Cc1ccc([C@@]2(C)NC(=O)N(CC(=O)Nc3cc([N+](=O)[O-])ccc3F)C2=O)cc1. The van der Waals surface area contributed by atoms with Gasteiger partial charge in [0.05, 0.1) is 10.6 Å². The number of carbonyl (C=O) groups is 3. The molecule has 0 bridgehead atoms. The van der Waals surface area contributed by atoms with Crippen LogP contribution in [0.5, 0.6) is 0 Å². The molecule has 0 aromatic heterocycles. The van der Waals surface area contributed by atoms with Crippen molar-refractivity contribution < 1.29 is 23.7 Å². The van der Waals surface area contributed by atoms with Crippen LogP contribution in [0.2, 0.25) is 0 Å². The van der Waals surface area contributed by atoms with Crippen molar-refractivity contribution in [2.24, 2.45) is 0 Å². The lowest BCUT2D eigenvalue weighted by Crippen LogP contribution is -2.42. The summed E-state index contributed by atoms with van der Waals surface area (Å²) in [7, 11) is 0. The topological polar surface area (TPSA) is 122 Å². The third-order valence-electron chi connectivity index (χ3n) is 4.64. The number of nitrogens with one attached hydrogen (secondary N) is 2. The van der Waals surface area contributed by atoms with Gasteiger partial charge >= 0.3 is 6.03 Å². The summed E-state index contributed by atoms with van der Waals surface area (Å²) in [5, 5.41) is 15.5. The van der Waals surface area contributed by atoms with Crippen LogP contribution in [-0.2, 0) is 15.1 Å². The predicted molar refractivity (Wildman–Crippen MR) is 100 cm³/mol. The van der Waals surface area contributed by atoms with Crippen molar-refractivity contribution in [2.75, 3.05) is 11.9 Å². The number of nitro groups is 1. The molecule has 1 aliphatic rings. The van der Waals surface area contributed by atoms with Crippen LogP contribution in [0.1, 0.15) is 18.1 Å². The van der Waals surface area contributed by atoms with Gasteiger partial charge in [-0.25, -0.2) is 9.18 Å². The molecule has 0 aliphatic carbocycles. The van der Waals surface area contributed by atoms with E-state index in [4.69, 9.17) is 0 Å². The molecule has 1 atom stereocenters. The highest BCUT2D eigenvalue weighted by Crippen LogP contribution is 2.29. The van der Waals surface area contributed by atoms with Gasteiger partial charge in [-0.3, -0.25) is 24.6 Å². The molecule has 3 rings (SSSR count). The zero-order valence-electron chi connectivity index (χ0n) is 15.6. The lowest BCUT2D eigenvalue weighted by Gasteiger charge is -2.22. The molecule has 9 nitrogen and oxygen atoms in total. The number of benzene rings is 2. The fourth-order valence-corrected chi connectivity index (χ4v) is 2.98. The van der Waals surface area contributed by atoms with Gasteiger partial charge in [0.25, 0.3) is 11.6 Å². The number of hydrogen-bond acceptors (Lipinski definition) is 5. The summed E-state index contributed by atoms with van der Waals surface area (Å²) in [5.41, 5.74) is -0.651. The number of imide groups is 1. The zero-order valence-corrected chi connectivity index (χ0v) is 15.6. The maximum atomic E-state index is 13.8. The molecule has 0 spiro atoms. The fraction of sp³-hybridized carbons (Fsp3) is 0.211. The number of urea groups is 1. The number of rotatable bonds is 5. The van der Waals surface area contributed by atoms with Gasteiger partial charge in [-0.15, -0.1) is 0 Å². The van der Waals surface area contributed by atoms with Crippen molar-refractivity contribution in [3.8, 4) is 0 Å². The molecule has 0 radical (unpaired) electrons. The number of aryl methyl sites for hydroxylation is 1. The van der Waals surface area contributed by atoms with E-state index in [-0.39, 0.29) is 0 Å². The second-order valence-corrected chi connectivity index (χ2v) is 6.78. The fourth-order valence-electron chi connectivity index (χ4n) is 2.98. The molecule has 1 heterocycles. The highest BCUT2D eigenvalue weighted by molar-refractivity contribution is 6.10. The summed E-state index contributed by atoms with van der Waals surface area (Å²) in [6.45, 7) is 2.73. The molecule has 2 aromatic carbocycles. The van der Waals surface area contributed by atoms with Crippen molar-refractivity contribution in [1.82, 2.24) is 10.2 Å². The molecule has 10 heteroatoms. The first-order chi connectivity index (χ1) is 13.6. The molecule has 1 fully saturated rings. The van der Waals surface area contributed by atoms with Gasteiger partial charge in [-0.05, 0) is 25.5 Å². The number of nitrogens with zero attached hydrogens (tertiary/aromatic N) is 2. The second kappa shape index (κ2) is 7.30. The minimum atomic E-state index is -1.35. The summed E-state index contributed by atoms with van der Waals surface area (Å²) in [4.78, 5) is 48.2. The van der Waals surface area contributed by atoms with E-state index in [9.17, 15) is 28.9 Å². The van der Waals surface area contributed by atoms with Crippen LogP contribution in [0.15, 0.2) is 42.5 Å². The zero-order chi connectivity index (χ0) is 21.3. The summed E-state index contributed by atoms with van der Waals surface area (Å²) < 4.78 is 13.8. The van der Waals surface area contributed by atoms with Crippen LogP contribution < -0.4 is 10.6 Å². The van der Waals surface area contributed by atoms with Gasteiger partial charge in [0.1, 0.15) is 17.9 Å². The van der Waals surface area contributed by atoms with Gasteiger partial charge in [-0.2, -0.15) is 0 Å². The molecular formula is C19H17FN4O5. The van der Waals surface area contributed by atoms with Gasteiger partial charge < -0.3 is 10.6 Å². The van der Waals surface area contributed by atoms with E-state index in [1.807, 2.05) is 6.92 Å². The van der Waals surface area contributed by atoms with E-state index in [0.29, 0.717) is 10.5 Å². The Kier molecular flexibility index (Phi) is 5.02. The standard InChI is InChI=1S/C19H17FN4O5/c1-11-3-5-12(6-4-11)19(2)17(26)23(18(27)22-19)10-16(25)21-15-9-13(24(28)29)7-8-14(15)20/h3-9H,10H2,1-2H3,(H,21,25)(H,22,27)/t19-/m1/s1. The Hall–Kier alpha value is -3.82. The number of hydrogen-bond donors (Lipinski definition) is 2. The Morgan fingerprint density at radius 2 is 1.90 bits per heavy atom. The Balaban J connectivity index is 1.77. The normalized spacial score (nSPS) is 18.5. The first kappa shape index (κ1) is 19.9. The third kappa shape index (κ3) is 3.77. The van der Waals surface area contributed by atoms with E-state index in [0.717, 1.165) is 23.8 Å². The average Bonchev–Trinajstić information content (AvgIpc) is 2.88. The highest BCUT2D eigenvalue weighted by Gasteiger charge is 2.49. The Morgan fingerprint density at radius 3 is 2.52 bits per heavy atom. The number of anilines is 1. The van der Waals surface area contributed by atoms with Crippen molar-refractivity contribution >= 4 is 29.2 Å². The molecule has 1 aliphatic heterocycles. The monoisotopic (exact) mass is 400 g/mol. The minimum Gasteiger partial charge on any atom is -0.322 e. The molecule has 0 unspecified atom stereocenters. The Labute approximate surface area is 164 Å². The van der Waals surface area contributed by atoms with Gasteiger partial charge in [0.2, 0.25) is 5.91 Å². The highest BCUT2D eigenvalue weighted by atomic mass is 19.1. The van der Waals surface area contributed by atoms with E-state index in [2.05, 4.69) is 10.6 Å². The van der Waals surface area contributed by atoms with E-state index in [1.165, 1.54) is 6.92 Å². The number of non-ortho nitro benzene ring substituents is 1. The number of amides is 4. The van der Waals surface area contributed by atoms with Crippen molar-refractivity contribution in [2.45, 2.75) is 19.4 Å². The van der Waals surface area contributed by atoms with E-state index >= 15 is 0 Å². The lowest BCUT2D eigenvalue weighted by atomic mass is 9.91. The third-order valence-corrected chi connectivity index (χ3v) is 4.64. The predicted octanol–water partition coefficient (Wildman–Crippen LogP) is 2.45. The van der Waals surface area contributed by atoms with Gasteiger partial charge in [-0.1, -0.05) is 29.8 Å². The van der Waals surface area contributed by atoms with Crippen LogP contribution in [0.3, 0.4) is 0 Å². The maximum Gasteiger partial charge on any atom is 0.325 e. The van der Waals surface area contributed by atoms with Crippen LogP contribution >= 0.6 is 0 Å². The minimum absolute atomic E-state index is 0.413. The van der Waals surface area contributed by atoms with E-state index < -0.39 is 52.0 Å². The van der Waals surface area contributed by atoms with Crippen molar-refractivity contribution in [3.63, 3.8) is 0 Å². The van der Waals surface area contributed by atoms with E-state index in [1.54, 1.807) is 24.3 Å². The molecule has 2 aromatic rings. The molecule has 29 heavy (non-hydrogen) atoms. The van der Waals surface area contributed by atoms with Gasteiger partial charge in [0.15, 0.2) is 0 Å². The quantitative estimate of drug-likeness (QED) is 0.454.